The second-order valence-electron chi connectivity index (χ2n) is 3.65. The van der Waals surface area contributed by atoms with E-state index in [1.807, 2.05) is 29.6 Å². The van der Waals surface area contributed by atoms with Crippen LogP contribution in [0.5, 0.6) is 0 Å². The van der Waals surface area contributed by atoms with E-state index in [9.17, 15) is 0 Å². The maximum absolute atomic E-state index is 6.31. The van der Waals surface area contributed by atoms with Gasteiger partial charge in [0.05, 0.1) is 17.3 Å². The zero-order valence-electron chi connectivity index (χ0n) is 8.90. The van der Waals surface area contributed by atoms with Gasteiger partial charge < -0.3 is 10.3 Å². The summed E-state index contributed by atoms with van der Waals surface area (Å²) in [5, 5.41) is 7.92. The molecule has 0 spiro atoms. The molecule has 5 heteroatoms. The molecule has 86 valence electrons. The number of thiazole rings is 1. The Morgan fingerprint density at radius 3 is 3.00 bits per heavy atom. The third kappa shape index (κ3) is 2.01. The van der Waals surface area contributed by atoms with Gasteiger partial charge in [0.25, 0.3) is 0 Å². The van der Waals surface area contributed by atoms with Gasteiger partial charge in [-0.05, 0) is 6.07 Å². The quantitative estimate of drug-likeness (QED) is 0.753. The number of aromatic amines is 1. The number of H-pyrrole nitrogens is 1. The first-order chi connectivity index (χ1) is 8.34. The van der Waals surface area contributed by atoms with Crippen LogP contribution in [-0.2, 0) is 6.54 Å². The number of nitrogens with one attached hydrogen (secondary N) is 2. The Kier molecular flexibility index (Phi) is 2.74. The van der Waals surface area contributed by atoms with Crippen molar-refractivity contribution in [3.05, 3.63) is 46.6 Å². The Balaban J connectivity index is 1.88. The normalized spacial score (nSPS) is 10.9. The largest absolute Gasteiger partial charge is 0.356 e. The number of fused-ring (bicyclic) bond motifs is 1. The van der Waals surface area contributed by atoms with Crippen LogP contribution in [0, 0.1) is 0 Å². The van der Waals surface area contributed by atoms with Gasteiger partial charge in [-0.25, -0.2) is 4.98 Å². The number of aromatic nitrogens is 2. The number of anilines is 1. The predicted molar refractivity (Wildman–Crippen MR) is 72.7 cm³/mol. The number of halogens is 1. The fourth-order valence-corrected chi connectivity index (χ4v) is 2.57. The molecule has 0 aliphatic carbocycles. The van der Waals surface area contributed by atoms with Gasteiger partial charge in [0.2, 0.25) is 0 Å². The first-order valence-corrected chi connectivity index (χ1v) is 6.49. The lowest BCUT2D eigenvalue weighted by atomic mass is 10.2. The molecule has 0 aliphatic heterocycles. The molecule has 3 rings (SSSR count). The van der Waals surface area contributed by atoms with Gasteiger partial charge in [-0.2, -0.15) is 0 Å². The van der Waals surface area contributed by atoms with Crippen molar-refractivity contribution in [2.24, 2.45) is 0 Å². The zero-order chi connectivity index (χ0) is 11.7. The van der Waals surface area contributed by atoms with Gasteiger partial charge in [-0.3, -0.25) is 0 Å². The molecule has 3 aromatic rings. The Bertz CT molecular complexity index is 630. The second-order valence-corrected chi connectivity index (χ2v) is 4.93. The molecule has 17 heavy (non-hydrogen) atoms. The first kappa shape index (κ1) is 10.6. The molecule has 2 aromatic heterocycles. The smallest absolute Gasteiger partial charge is 0.182 e. The lowest BCUT2D eigenvalue weighted by Gasteiger charge is -2.00. The maximum Gasteiger partial charge on any atom is 0.182 e. The number of para-hydroxylation sites is 1. The Hall–Kier alpha value is -1.52. The number of rotatable bonds is 3. The molecule has 2 N–H and O–H groups in total. The highest BCUT2D eigenvalue weighted by atomic mass is 35.5. The van der Waals surface area contributed by atoms with E-state index in [1.165, 1.54) is 0 Å². The molecule has 0 radical (unpaired) electrons. The molecule has 0 bridgehead atoms. The van der Waals surface area contributed by atoms with E-state index in [0.717, 1.165) is 26.8 Å². The van der Waals surface area contributed by atoms with Gasteiger partial charge in [-0.1, -0.05) is 29.8 Å². The van der Waals surface area contributed by atoms with Crippen molar-refractivity contribution < 1.29 is 0 Å². The van der Waals surface area contributed by atoms with Crippen LogP contribution >= 0.6 is 22.9 Å². The van der Waals surface area contributed by atoms with Crippen LogP contribution in [0.3, 0.4) is 0 Å². The van der Waals surface area contributed by atoms with Crippen molar-refractivity contribution in [2.45, 2.75) is 6.54 Å². The molecule has 3 nitrogen and oxygen atoms in total. The summed E-state index contributed by atoms with van der Waals surface area (Å²) >= 11 is 7.88. The van der Waals surface area contributed by atoms with E-state index >= 15 is 0 Å². The lowest BCUT2D eigenvalue weighted by Crippen LogP contribution is -1.99. The van der Waals surface area contributed by atoms with Gasteiger partial charge in [-0.15, -0.1) is 11.3 Å². The monoisotopic (exact) mass is 263 g/mol. The van der Waals surface area contributed by atoms with Crippen LogP contribution in [0.15, 0.2) is 35.8 Å². The second kappa shape index (κ2) is 4.39. The van der Waals surface area contributed by atoms with Crippen molar-refractivity contribution >= 4 is 39.0 Å². The predicted octanol–water partition coefficient (Wildman–Crippen LogP) is 3.89. The number of hydrogen-bond donors (Lipinski definition) is 2. The molecule has 0 aliphatic rings. The summed E-state index contributed by atoms with van der Waals surface area (Å²) in [4.78, 5) is 7.47. The molecule has 0 fully saturated rings. The van der Waals surface area contributed by atoms with Gasteiger partial charge in [0.15, 0.2) is 5.13 Å². The lowest BCUT2D eigenvalue weighted by molar-refractivity contribution is 1.08. The van der Waals surface area contributed by atoms with Crippen LogP contribution in [0.1, 0.15) is 5.69 Å². The van der Waals surface area contributed by atoms with Crippen LogP contribution in [-0.4, -0.2) is 9.97 Å². The Morgan fingerprint density at radius 2 is 2.24 bits per heavy atom. The fourth-order valence-electron chi connectivity index (χ4n) is 1.76. The number of hydrogen-bond acceptors (Lipinski definition) is 3. The molecule has 0 unspecified atom stereocenters. The van der Waals surface area contributed by atoms with Gasteiger partial charge in [0.1, 0.15) is 0 Å². The highest BCUT2D eigenvalue weighted by Crippen LogP contribution is 2.27. The third-order valence-corrected chi connectivity index (χ3v) is 3.73. The number of benzene rings is 1. The minimum absolute atomic E-state index is 0.654. The van der Waals surface area contributed by atoms with E-state index < -0.39 is 0 Å². The average Bonchev–Trinajstić information content (AvgIpc) is 2.96. The van der Waals surface area contributed by atoms with E-state index in [4.69, 9.17) is 11.6 Å². The van der Waals surface area contributed by atoms with Crippen molar-refractivity contribution in [1.29, 1.82) is 0 Å². The van der Waals surface area contributed by atoms with Crippen molar-refractivity contribution in [2.75, 3.05) is 5.32 Å². The van der Waals surface area contributed by atoms with E-state index in [-0.39, 0.29) is 0 Å². The summed E-state index contributed by atoms with van der Waals surface area (Å²) in [7, 11) is 0. The minimum Gasteiger partial charge on any atom is -0.356 e. The molecule has 1 aromatic carbocycles. The first-order valence-electron chi connectivity index (χ1n) is 5.23. The standard InChI is InChI=1S/C12H10ClN3S/c13-11-8-3-1-2-4-9(8)16-10(11)7-15-12-14-5-6-17-12/h1-6,16H,7H2,(H,14,15). The van der Waals surface area contributed by atoms with E-state index in [0.29, 0.717) is 6.54 Å². The minimum atomic E-state index is 0.654. The summed E-state index contributed by atoms with van der Waals surface area (Å²) < 4.78 is 0. The Labute approximate surface area is 107 Å². The summed E-state index contributed by atoms with van der Waals surface area (Å²) in [5.41, 5.74) is 2.05. The molecular formula is C12H10ClN3S. The average molecular weight is 264 g/mol. The number of nitrogens with zero attached hydrogens (tertiary/aromatic N) is 1. The van der Waals surface area contributed by atoms with Gasteiger partial charge >= 0.3 is 0 Å². The maximum atomic E-state index is 6.31. The van der Waals surface area contributed by atoms with Gasteiger partial charge in [0, 0.05) is 22.5 Å². The highest BCUT2D eigenvalue weighted by molar-refractivity contribution is 7.13. The topological polar surface area (TPSA) is 40.7 Å². The Morgan fingerprint density at radius 1 is 1.35 bits per heavy atom. The van der Waals surface area contributed by atoms with E-state index in [2.05, 4.69) is 15.3 Å². The molecular weight excluding hydrogens is 254 g/mol. The summed E-state index contributed by atoms with van der Waals surface area (Å²) in [5.74, 6) is 0. The highest BCUT2D eigenvalue weighted by Gasteiger charge is 2.08. The van der Waals surface area contributed by atoms with Crippen LogP contribution < -0.4 is 5.32 Å². The van der Waals surface area contributed by atoms with E-state index in [1.54, 1.807) is 17.5 Å². The van der Waals surface area contributed by atoms with Crippen LogP contribution in [0.25, 0.3) is 10.9 Å². The third-order valence-electron chi connectivity index (χ3n) is 2.56. The van der Waals surface area contributed by atoms with Crippen molar-refractivity contribution in [3.63, 3.8) is 0 Å². The summed E-state index contributed by atoms with van der Waals surface area (Å²) in [6.07, 6.45) is 1.78. The van der Waals surface area contributed by atoms with Crippen molar-refractivity contribution in [1.82, 2.24) is 9.97 Å². The molecule has 2 heterocycles. The van der Waals surface area contributed by atoms with Crippen molar-refractivity contribution in [3.8, 4) is 0 Å². The molecule has 0 saturated heterocycles. The SMILES string of the molecule is Clc1c(CNc2nccs2)[nH]c2ccccc12. The molecule has 0 amide bonds. The van der Waals surface area contributed by atoms with Crippen LogP contribution in [0.2, 0.25) is 5.02 Å². The summed E-state index contributed by atoms with van der Waals surface area (Å²) in [6.45, 7) is 0.654. The zero-order valence-corrected chi connectivity index (χ0v) is 10.5. The van der Waals surface area contributed by atoms with Crippen LogP contribution in [0.4, 0.5) is 5.13 Å². The summed E-state index contributed by atoms with van der Waals surface area (Å²) in [6, 6.07) is 8.02. The fraction of sp³-hybridized carbons (Fsp3) is 0.0833. The molecule has 0 saturated carbocycles. The molecule has 0 atom stereocenters.